The minimum absolute atomic E-state index is 0.0160. The van der Waals surface area contributed by atoms with Crippen molar-refractivity contribution in [2.75, 3.05) is 13.2 Å². The molecule has 0 saturated carbocycles. The number of nitrogens with zero attached hydrogens (tertiary/aromatic N) is 3. The number of benzene rings is 2. The summed E-state index contributed by atoms with van der Waals surface area (Å²) in [5, 5.41) is 15.7. The summed E-state index contributed by atoms with van der Waals surface area (Å²) in [7, 11) is 0. The normalized spacial score (nSPS) is 10.8. The average Bonchev–Trinajstić information content (AvgIpc) is 3.05. The Kier molecular flexibility index (Phi) is 5.09. The molecule has 134 valence electrons. The maximum absolute atomic E-state index is 13.3. The molecule has 0 aliphatic heterocycles. The Bertz CT molecular complexity index is 935. The first-order valence-corrected chi connectivity index (χ1v) is 8.19. The Morgan fingerprint density at radius 2 is 1.92 bits per heavy atom. The number of aliphatic hydroxyl groups is 1. The number of aryl methyl sites for hydroxylation is 2. The van der Waals surface area contributed by atoms with Gasteiger partial charge in [0.1, 0.15) is 5.82 Å². The monoisotopic (exact) mass is 354 g/mol. The van der Waals surface area contributed by atoms with Crippen LogP contribution in [-0.4, -0.2) is 38.9 Å². The van der Waals surface area contributed by atoms with Crippen molar-refractivity contribution in [2.24, 2.45) is 0 Å². The summed E-state index contributed by atoms with van der Waals surface area (Å²) in [4.78, 5) is 16.5. The van der Waals surface area contributed by atoms with Crippen LogP contribution in [0.5, 0.6) is 0 Å². The van der Waals surface area contributed by atoms with Crippen LogP contribution in [0.15, 0.2) is 42.5 Å². The van der Waals surface area contributed by atoms with Crippen molar-refractivity contribution in [3.63, 3.8) is 0 Å². The molecule has 2 aromatic carbocycles. The van der Waals surface area contributed by atoms with Gasteiger partial charge in [-0.25, -0.2) is 14.1 Å². The molecule has 1 amide bonds. The number of aliphatic hydroxyl groups excluding tert-OH is 1. The average molecular weight is 354 g/mol. The van der Waals surface area contributed by atoms with Gasteiger partial charge < -0.3 is 10.4 Å². The molecular weight excluding hydrogens is 335 g/mol. The molecule has 3 aromatic rings. The molecule has 0 atom stereocenters. The Morgan fingerprint density at radius 1 is 1.19 bits per heavy atom. The van der Waals surface area contributed by atoms with Gasteiger partial charge in [0.2, 0.25) is 5.82 Å². The molecule has 0 spiro atoms. The summed E-state index contributed by atoms with van der Waals surface area (Å²) in [6, 6.07) is 11.7. The van der Waals surface area contributed by atoms with Crippen LogP contribution in [-0.2, 0) is 0 Å². The van der Waals surface area contributed by atoms with Crippen molar-refractivity contribution in [2.45, 2.75) is 13.8 Å². The lowest BCUT2D eigenvalue weighted by molar-refractivity contribution is 0.0934. The highest BCUT2D eigenvalue weighted by Crippen LogP contribution is 2.24. The summed E-state index contributed by atoms with van der Waals surface area (Å²) in [5.74, 6) is -0.415. The molecule has 6 nitrogen and oxygen atoms in total. The van der Waals surface area contributed by atoms with E-state index in [0.29, 0.717) is 11.4 Å². The topological polar surface area (TPSA) is 80.0 Å². The molecule has 7 heteroatoms. The highest BCUT2D eigenvalue weighted by Gasteiger charge is 2.19. The Hall–Kier alpha value is -3.06. The van der Waals surface area contributed by atoms with Gasteiger partial charge >= 0.3 is 0 Å². The maximum Gasteiger partial charge on any atom is 0.291 e. The van der Waals surface area contributed by atoms with Gasteiger partial charge in [-0.15, -0.1) is 5.10 Å². The predicted molar refractivity (Wildman–Crippen MR) is 95.6 cm³/mol. The van der Waals surface area contributed by atoms with Crippen LogP contribution < -0.4 is 5.32 Å². The number of hydrogen-bond donors (Lipinski definition) is 2. The van der Waals surface area contributed by atoms with Crippen molar-refractivity contribution >= 4 is 5.91 Å². The van der Waals surface area contributed by atoms with E-state index in [1.165, 1.54) is 12.1 Å². The van der Waals surface area contributed by atoms with E-state index < -0.39 is 5.91 Å². The fraction of sp³-hybridized carbons (Fsp3) is 0.211. The number of nitrogens with one attached hydrogen (secondary N) is 1. The Balaban J connectivity index is 2.12. The molecule has 0 saturated heterocycles. The number of amides is 1. The summed E-state index contributed by atoms with van der Waals surface area (Å²) in [6.45, 7) is 3.88. The van der Waals surface area contributed by atoms with Crippen LogP contribution in [0.1, 0.15) is 21.7 Å². The fourth-order valence-corrected chi connectivity index (χ4v) is 2.65. The lowest BCUT2D eigenvalue weighted by Gasteiger charge is -2.09. The van der Waals surface area contributed by atoms with Gasteiger partial charge in [-0.05, 0) is 49.7 Å². The molecule has 0 bridgehead atoms. The first-order chi connectivity index (χ1) is 12.5. The lowest BCUT2D eigenvalue weighted by Crippen LogP contribution is -2.27. The van der Waals surface area contributed by atoms with Crippen molar-refractivity contribution in [1.82, 2.24) is 20.1 Å². The van der Waals surface area contributed by atoms with Crippen LogP contribution in [0.25, 0.3) is 17.1 Å². The van der Waals surface area contributed by atoms with Crippen molar-refractivity contribution in [3.8, 4) is 17.1 Å². The van der Waals surface area contributed by atoms with E-state index in [2.05, 4.69) is 15.4 Å². The third-order valence-electron chi connectivity index (χ3n) is 3.89. The molecule has 0 aliphatic carbocycles. The molecule has 26 heavy (non-hydrogen) atoms. The highest BCUT2D eigenvalue weighted by atomic mass is 19.1. The van der Waals surface area contributed by atoms with E-state index in [4.69, 9.17) is 5.11 Å². The number of carbonyl (C=O) groups excluding carboxylic acids is 1. The summed E-state index contributed by atoms with van der Waals surface area (Å²) >= 11 is 0. The van der Waals surface area contributed by atoms with Crippen molar-refractivity contribution < 1.29 is 14.3 Å². The van der Waals surface area contributed by atoms with Crippen LogP contribution in [0.3, 0.4) is 0 Å². The second-order valence-electron chi connectivity index (χ2n) is 5.95. The fourth-order valence-electron chi connectivity index (χ4n) is 2.65. The number of rotatable bonds is 5. The first kappa shape index (κ1) is 17.8. The second kappa shape index (κ2) is 7.45. The standard InChI is InChI=1S/C19H19FN4O2/c1-12-3-8-16(13(2)11-12)24-18(14-4-6-15(20)7-5-14)22-17(23-24)19(26)21-9-10-25/h3-8,11,25H,9-10H2,1-2H3,(H,21,26). The molecule has 0 fully saturated rings. The summed E-state index contributed by atoms with van der Waals surface area (Å²) < 4.78 is 14.9. The van der Waals surface area contributed by atoms with Crippen LogP contribution in [0.2, 0.25) is 0 Å². The van der Waals surface area contributed by atoms with E-state index in [0.717, 1.165) is 16.8 Å². The van der Waals surface area contributed by atoms with E-state index in [-0.39, 0.29) is 24.8 Å². The number of halogens is 1. The summed E-state index contributed by atoms with van der Waals surface area (Å²) in [6.07, 6.45) is 0. The van der Waals surface area contributed by atoms with Gasteiger partial charge in [-0.2, -0.15) is 0 Å². The highest BCUT2D eigenvalue weighted by molar-refractivity contribution is 5.91. The minimum Gasteiger partial charge on any atom is -0.395 e. The van der Waals surface area contributed by atoms with Gasteiger partial charge in [0.05, 0.1) is 12.3 Å². The van der Waals surface area contributed by atoms with E-state index in [9.17, 15) is 9.18 Å². The van der Waals surface area contributed by atoms with Gasteiger partial charge in [0, 0.05) is 12.1 Å². The van der Waals surface area contributed by atoms with Gasteiger partial charge in [-0.3, -0.25) is 4.79 Å². The van der Waals surface area contributed by atoms with E-state index in [1.807, 2.05) is 32.0 Å². The summed E-state index contributed by atoms with van der Waals surface area (Å²) in [5.41, 5.74) is 3.50. The van der Waals surface area contributed by atoms with Crippen LogP contribution in [0.4, 0.5) is 4.39 Å². The molecule has 0 radical (unpaired) electrons. The minimum atomic E-state index is -0.481. The van der Waals surface area contributed by atoms with Gasteiger partial charge in [-0.1, -0.05) is 17.7 Å². The van der Waals surface area contributed by atoms with E-state index in [1.54, 1.807) is 16.8 Å². The zero-order valence-electron chi connectivity index (χ0n) is 14.5. The molecule has 3 rings (SSSR count). The third kappa shape index (κ3) is 3.62. The quantitative estimate of drug-likeness (QED) is 0.737. The lowest BCUT2D eigenvalue weighted by atomic mass is 10.1. The van der Waals surface area contributed by atoms with Crippen LogP contribution in [0, 0.1) is 19.7 Å². The number of aromatic nitrogens is 3. The SMILES string of the molecule is Cc1ccc(-n2nc(C(=O)NCCO)nc2-c2ccc(F)cc2)c(C)c1. The Labute approximate surface area is 150 Å². The van der Waals surface area contributed by atoms with Gasteiger partial charge in [0.25, 0.3) is 5.91 Å². The smallest absolute Gasteiger partial charge is 0.291 e. The predicted octanol–water partition coefficient (Wildman–Crippen LogP) is 2.41. The van der Waals surface area contributed by atoms with Gasteiger partial charge in [0.15, 0.2) is 5.82 Å². The molecule has 0 unspecified atom stereocenters. The molecule has 0 aliphatic rings. The van der Waals surface area contributed by atoms with Crippen molar-refractivity contribution in [3.05, 3.63) is 65.2 Å². The first-order valence-electron chi connectivity index (χ1n) is 8.19. The Morgan fingerprint density at radius 3 is 2.58 bits per heavy atom. The maximum atomic E-state index is 13.3. The van der Waals surface area contributed by atoms with Crippen molar-refractivity contribution in [1.29, 1.82) is 0 Å². The zero-order chi connectivity index (χ0) is 18.7. The molecule has 1 aromatic heterocycles. The second-order valence-corrected chi connectivity index (χ2v) is 5.95. The molecule has 1 heterocycles. The van der Waals surface area contributed by atoms with E-state index >= 15 is 0 Å². The zero-order valence-corrected chi connectivity index (χ0v) is 14.5. The molecule has 2 N–H and O–H groups in total. The molecular formula is C19H19FN4O2. The number of carbonyl (C=O) groups is 1. The largest absolute Gasteiger partial charge is 0.395 e. The number of hydrogen-bond acceptors (Lipinski definition) is 4. The third-order valence-corrected chi connectivity index (χ3v) is 3.89. The van der Waals surface area contributed by atoms with Crippen LogP contribution >= 0.6 is 0 Å².